The van der Waals surface area contributed by atoms with Crippen LogP contribution in [-0.2, 0) is 9.53 Å². The molecule has 1 fully saturated rings. The maximum absolute atomic E-state index is 12.2. The molecular weight excluding hydrogens is 260 g/mol. The third-order valence-corrected chi connectivity index (χ3v) is 3.40. The number of carbonyl (C=O) groups is 2. The Morgan fingerprint density at radius 2 is 2.00 bits per heavy atom. The van der Waals surface area contributed by atoms with Crippen molar-refractivity contribution in [3.8, 4) is 0 Å². The predicted octanol–water partition coefficient (Wildman–Crippen LogP) is 0.00364. The van der Waals surface area contributed by atoms with Gasteiger partial charge in [-0.05, 0) is 20.8 Å². The van der Waals surface area contributed by atoms with Crippen LogP contribution in [0.25, 0.3) is 0 Å². The summed E-state index contributed by atoms with van der Waals surface area (Å²) in [5.74, 6) is -0.358. The maximum Gasteiger partial charge on any atom is 0.255 e. The number of nitrogens with zero attached hydrogens (tertiary/aromatic N) is 2. The monoisotopic (exact) mass is 280 g/mol. The van der Waals surface area contributed by atoms with Gasteiger partial charge in [-0.25, -0.2) is 0 Å². The first-order valence-corrected chi connectivity index (χ1v) is 6.69. The predicted molar refractivity (Wildman–Crippen MR) is 72.4 cm³/mol. The van der Waals surface area contributed by atoms with Gasteiger partial charge in [-0.3, -0.25) is 14.7 Å². The van der Waals surface area contributed by atoms with Crippen LogP contribution in [-0.4, -0.2) is 59.3 Å². The Hall–Kier alpha value is -1.89. The summed E-state index contributed by atoms with van der Waals surface area (Å²) in [6, 6.07) is -0.561. The van der Waals surface area contributed by atoms with E-state index in [1.165, 1.54) is 0 Å². The van der Waals surface area contributed by atoms with Crippen LogP contribution in [0.4, 0.5) is 0 Å². The molecule has 2 amide bonds. The minimum atomic E-state index is -0.561. The summed E-state index contributed by atoms with van der Waals surface area (Å²) in [6.45, 7) is 7.47. The van der Waals surface area contributed by atoms with E-state index in [9.17, 15) is 9.59 Å². The zero-order chi connectivity index (χ0) is 14.7. The minimum absolute atomic E-state index is 0.0829. The number of rotatable bonds is 3. The Morgan fingerprint density at radius 3 is 2.55 bits per heavy atom. The van der Waals surface area contributed by atoms with Gasteiger partial charge in [0.05, 0.1) is 24.5 Å². The molecule has 0 aromatic carbocycles. The highest BCUT2D eigenvalue weighted by atomic mass is 16.5. The smallest absolute Gasteiger partial charge is 0.255 e. The Bertz CT molecular complexity index is 486. The van der Waals surface area contributed by atoms with Crippen molar-refractivity contribution in [2.24, 2.45) is 0 Å². The van der Waals surface area contributed by atoms with Gasteiger partial charge in [0, 0.05) is 18.8 Å². The van der Waals surface area contributed by atoms with Gasteiger partial charge >= 0.3 is 0 Å². The maximum atomic E-state index is 12.2. The molecule has 1 aliphatic heterocycles. The van der Waals surface area contributed by atoms with Crippen molar-refractivity contribution in [1.29, 1.82) is 0 Å². The summed E-state index contributed by atoms with van der Waals surface area (Å²) >= 11 is 0. The molecule has 0 spiro atoms. The first kappa shape index (κ1) is 14.5. The quantitative estimate of drug-likeness (QED) is 0.816. The lowest BCUT2D eigenvalue weighted by Gasteiger charge is -2.29. The van der Waals surface area contributed by atoms with E-state index in [0.717, 1.165) is 0 Å². The van der Waals surface area contributed by atoms with E-state index in [-0.39, 0.29) is 11.8 Å². The highest BCUT2D eigenvalue weighted by Gasteiger charge is 2.25. The molecule has 0 saturated carbocycles. The van der Waals surface area contributed by atoms with Crippen molar-refractivity contribution in [1.82, 2.24) is 20.4 Å². The molecule has 1 aromatic heterocycles. The fourth-order valence-corrected chi connectivity index (χ4v) is 2.27. The van der Waals surface area contributed by atoms with Gasteiger partial charge in [0.15, 0.2) is 0 Å². The summed E-state index contributed by atoms with van der Waals surface area (Å²) in [7, 11) is 0. The molecule has 7 nitrogen and oxygen atoms in total. The van der Waals surface area contributed by atoms with Crippen LogP contribution in [0, 0.1) is 13.8 Å². The number of H-pyrrole nitrogens is 1. The number of aromatic amines is 1. The number of morpholine rings is 1. The molecule has 1 aliphatic rings. The van der Waals surface area contributed by atoms with Crippen molar-refractivity contribution < 1.29 is 14.3 Å². The van der Waals surface area contributed by atoms with E-state index in [4.69, 9.17) is 4.74 Å². The van der Waals surface area contributed by atoms with E-state index >= 15 is 0 Å². The molecule has 20 heavy (non-hydrogen) atoms. The zero-order valence-electron chi connectivity index (χ0n) is 12.0. The third-order valence-electron chi connectivity index (χ3n) is 3.40. The van der Waals surface area contributed by atoms with Crippen LogP contribution in [0.2, 0.25) is 0 Å². The number of hydrogen-bond acceptors (Lipinski definition) is 4. The average Bonchev–Trinajstić information content (AvgIpc) is 2.78. The normalized spacial score (nSPS) is 16.9. The zero-order valence-corrected chi connectivity index (χ0v) is 12.0. The van der Waals surface area contributed by atoms with Gasteiger partial charge in [0.25, 0.3) is 5.91 Å². The number of aromatic nitrogens is 2. The molecule has 0 bridgehead atoms. The van der Waals surface area contributed by atoms with Gasteiger partial charge in [-0.2, -0.15) is 5.10 Å². The molecule has 7 heteroatoms. The Balaban J connectivity index is 1.98. The van der Waals surface area contributed by atoms with Gasteiger partial charge in [-0.1, -0.05) is 0 Å². The summed E-state index contributed by atoms with van der Waals surface area (Å²) in [5, 5.41) is 9.47. The molecule has 1 unspecified atom stereocenters. The average molecular weight is 280 g/mol. The van der Waals surface area contributed by atoms with Gasteiger partial charge in [0.1, 0.15) is 6.04 Å². The van der Waals surface area contributed by atoms with Crippen molar-refractivity contribution in [2.45, 2.75) is 26.8 Å². The van der Waals surface area contributed by atoms with Crippen LogP contribution < -0.4 is 5.32 Å². The van der Waals surface area contributed by atoms with Crippen LogP contribution in [0.3, 0.4) is 0 Å². The van der Waals surface area contributed by atoms with Crippen LogP contribution in [0.1, 0.15) is 28.7 Å². The van der Waals surface area contributed by atoms with Gasteiger partial charge in [0.2, 0.25) is 5.91 Å². The van der Waals surface area contributed by atoms with E-state index < -0.39 is 6.04 Å². The molecule has 1 saturated heterocycles. The second-order valence-corrected chi connectivity index (χ2v) is 4.94. The van der Waals surface area contributed by atoms with E-state index in [0.29, 0.717) is 43.3 Å². The van der Waals surface area contributed by atoms with Crippen molar-refractivity contribution in [3.05, 3.63) is 17.0 Å². The lowest BCUT2D eigenvalue weighted by molar-refractivity contribution is -0.136. The molecule has 2 N–H and O–H groups in total. The number of carbonyl (C=O) groups excluding carboxylic acids is 2. The lowest BCUT2D eigenvalue weighted by atomic mass is 10.1. The fraction of sp³-hybridized carbons (Fsp3) is 0.615. The van der Waals surface area contributed by atoms with E-state index in [1.54, 1.807) is 25.7 Å². The highest BCUT2D eigenvalue weighted by molar-refractivity contribution is 5.99. The highest BCUT2D eigenvalue weighted by Crippen LogP contribution is 2.09. The summed E-state index contributed by atoms with van der Waals surface area (Å²) in [4.78, 5) is 26.1. The summed E-state index contributed by atoms with van der Waals surface area (Å²) in [5.41, 5.74) is 1.84. The largest absolute Gasteiger partial charge is 0.378 e. The molecule has 0 radical (unpaired) electrons. The third kappa shape index (κ3) is 2.98. The number of amides is 2. The van der Waals surface area contributed by atoms with Crippen LogP contribution in [0.15, 0.2) is 0 Å². The van der Waals surface area contributed by atoms with Crippen molar-refractivity contribution in [2.75, 3.05) is 26.3 Å². The second-order valence-electron chi connectivity index (χ2n) is 4.94. The number of ether oxygens (including phenoxy) is 1. The molecule has 110 valence electrons. The van der Waals surface area contributed by atoms with E-state index in [1.807, 2.05) is 0 Å². The first-order valence-electron chi connectivity index (χ1n) is 6.69. The molecule has 0 aliphatic carbocycles. The van der Waals surface area contributed by atoms with E-state index in [2.05, 4.69) is 15.5 Å². The Morgan fingerprint density at radius 1 is 1.35 bits per heavy atom. The minimum Gasteiger partial charge on any atom is -0.378 e. The topological polar surface area (TPSA) is 87.3 Å². The second kappa shape index (κ2) is 6.04. The molecule has 2 heterocycles. The molecule has 1 atom stereocenters. The fourth-order valence-electron chi connectivity index (χ4n) is 2.27. The standard InChI is InChI=1S/C13H20N4O3/c1-8-11(9(2)16-15-8)12(18)14-10(3)13(19)17-4-6-20-7-5-17/h10H,4-7H2,1-3H3,(H,14,18)(H,15,16). The van der Waals surface area contributed by atoms with Crippen molar-refractivity contribution in [3.63, 3.8) is 0 Å². The number of nitrogens with one attached hydrogen (secondary N) is 2. The number of hydrogen-bond donors (Lipinski definition) is 2. The van der Waals surface area contributed by atoms with Crippen LogP contribution in [0.5, 0.6) is 0 Å². The Kier molecular flexibility index (Phi) is 4.39. The summed E-state index contributed by atoms with van der Waals surface area (Å²) < 4.78 is 5.21. The van der Waals surface area contributed by atoms with Gasteiger partial charge in [-0.15, -0.1) is 0 Å². The Labute approximate surface area is 117 Å². The first-order chi connectivity index (χ1) is 9.50. The lowest BCUT2D eigenvalue weighted by Crippen LogP contribution is -2.50. The van der Waals surface area contributed by atoms with Crippen LogP contribution >= 0.6 is 0 Å². The molecule has 2 rings (SSSR count). The van der Waals surface area contributed by atoms with Gasteiger partial charge < -0.3 is 15.0 Å². The molecule has 1 aromatic rings. The number of aryl methyl sites for hydroxylation is 2. The SMILES string of the molecule is Cc1n[nH]c(C)c1C(=O)NC(C)C(=O)N1CCOCC1. The van der Waals surface area contributed by atoms with Crippen molar-refractivity contribution >= 4 is 11.8 Å². The summed E-state index contributed by atoms with van der Waals surface area (Å²) in [6.07, 6.45) is 0. The molecular formula is C13H20N4O3.